The molecule has 1 aromatic heterocycles. The van der Waals surface area contributed by atoms with Gasteiger partial charge in [-0.3, -0.25) is 4.98 Å². The summed E-state index contributed by atoms with van der Waals surface area (Å²) in [6, 6.07) is 0.135. The van der Waals surface area contributed by atoms with Crippen LogP contribution < -0.4 is 10.6 Å². The summed E-state index contributed by atoms with van der Waals surface area (Å²) in [7, 11) is 3.04. The van der Waals surface area contributed by atoms with Crippen LogP contribution in [0.1, 0.15) is 23.3 Å². The number of carbonyl (C=O) groups excluding carboxylic acids is 1. The third kappa shape index (κ3) is 3.05. The Kier molecular flexibility index (Phi) is 4.86. The quantitative estimate of drug-likeness (QED) is 0.788. The van der Waals surface area contributed by atoms with E-state index >= 15 is 0 Å². The van der Waals surface area contributed by atoms with Crippen molar-refractivity contribution in [3.05, 3.63) is 18.1 Å². The van der Waals surface area contributed by atoms with Gasteiger partial charge in [0.05, 0.1) is 25.6 Å². The van der Waals surface area contributed by atoms with E-state index in [0.717, 1.165) is 19.4 Å². The highest BCUT2D eigenvalue weighted by Crippen LogP contribution is 2.24. The largest absolute Gasteiger partial charge is 0.464 e. The third-order valence-electron chi connectivity index (χ3n) is 3.58. The summed E-state index contributed by atoms with van der Waals surface area (Å²) in [5.74, 6) is 0.160. The number of esters is 1. The number of piperidine rings is 1. The number of hydrogen-bond donors (Lipinski definition) is 1. The van der Waals surface area contributed by atoms with Crippen LogP contribution in [0.2, 0.25) is 0 Å². The Bertz CT molecular complexity index is 469. The number of ether oxygens (including phenoxy) is 2. The minimum absolute atomic E-state index is 0.135. The van der Waals surface area contributed by atoms with Crippen LogP contribution >= 0.6 is 0 Å². The zero-order valence-electron chi connectivity index (χ0n) is 11.8. The summed E-state index contributed by atoms with van der Waals surface area (Å²) < 4.78 is 10.1. The van der Waals surface area contributed by atoms with Gasteiger partial charge in [-0.2, -0.15) is 0 Å². The van der Waals surface area contributed by atoms with Gasteiger partial charge in [0.15, 0.2) is 5.69 Å². The van der Waals surface area contributed by atoms with E-state index < -0.39 is 5.97 Å². The van der Waals surface area contributed by atoms with Gasteiger partial charge >= 0.3 is 5.97 Å². The molecule has 0 aliphatic carbocycles. The molecule has 0 spiro atoms. The number of carbonyl (C=O) groups is 1. The van der Waals surface area contributed by atoms with Gasteiger partial charge < -0.3 is 20.1 Å². The fraction of sp³-hybridized carbons (Fsp3) is 0.615. The summed E-state index contributed by atoms with van der Waals surface area (Å²) >= 11 is 0. The molecule has 1 aromatic rings. The highest BCUT2D eigenvalue weighted by Gasteiger charge is 2.29. The molecule has 1 aliphatic rings. The molecular formula is C13H20N4O3. The first-order valence-electron chi connectivity index (χ1n) is 6.59. The number of rotatable bonds is 4. The predicted molar refractivity (Wildman–Crippen MR) is 73.6 cm³/mol. The Hall–Kier alpha value is -1.73. The normalized spacial score (nSPS) is 22.6. The Morgan fingerprint density at radius 3 is 2.95 bits per heavy atom. The highest BCUT2D eigenvalue weighted by molar-refractivity contribution is 5.87. The number of methoxy groups -OCH3 is 2. The first-order valence-corrected chi connectivity index (χ1v) is 6.59. The smallest absolute Gasteiger partial charge is 0.358 e. The molecule has 2 unspecified atom stereocenters. The molecule has 2 heterocycles. The summed E-state index contributed by atoms with van der Waals surface area (Å²) in [5.41, 5.74) is 6.04. The van der Waals surface area contributed by atoms with Crippen molar-refractivity contribution in [1.29, 1.82) is 0 Å². The van der Waals surface area contributed by atoms with Crippen LogP contribution in [0.15, 0.2) is 12.4 Å². The number of nitrogens with zero attached hydrogens (tertiary/aromatic N) is 3. The molecule has 2 atom stereocenters. The predicted octanol–water partition coefficient (Wildman–Crippen LogP) is 0.206. The molecule has 7 heteroatoms. The molecule has 2 rings (SSSR count). The highest BCUT2D eigenvalue weighted by atomic mass is 16.5. The monoisotopic (exact) mass is 280 g/mol. The fourth-order valence-corrected chi connectivity index (χ4v) is 2.45. The topological polar surface area (TPSA) is 90.6 Å². The molecule has 7 nitrogen and oxygen atoms in total. The van der Waals surface area contributed by atoms with Crippen molar-refractivity contribution in [1.82, 2.24) is 9.97 Å². The van der Waals surface area contributed by atoms with E-state index in [2.05, 4.69) is 19.6 Å². The number of anilines is 1. The summed E-state index contributed by atoms with van der Waals surface area (Å²) in [5, 5.41) is 0. The Morgan fingerprint density at radius 1 is 1.50 bits per heavy atom. The van der Waals surface area contributed by atoms with E-state index in [9.17, 15) is 4.79 Å². The molecule has 2 N–H and O–H groups in total. The minimum atomic E-state index is -0.490. The fourth-order valence-electron chi connectivity index (χ4n) is 2.45. The minimum Gasteiger partial charge on any atom is -0.464 e. The summed E-state index contributed by atoms with van der Waals surface area (Å²) in [6.07, 6.45) is 5.00. The third-order valence-corrected chi connectivity index (χ3v) is 3.58. The lowest BCUT2D eigenvalue weighted by Crippen LogP contribution is -2.49. The summed E-state index contributed by atoms with van der Waals surface area (Å²) in [4.78, 5) is 22.0. The second kappa shape index (κ2) is 6.62. The molecule has 1 aliphatic heterocycles. The molecule has 0 radical (unpaired) electrons. The van der Waals surface area contributed by atoms with E-state index in [0.29, 0.717) is 12.4 Å². The lowest BCUT2D eigenvalue weighted by Gasteiger charge is -2.39. The Morgan fingerprint density at radius 2 is 2.30 bits per heavy atom. The van der Waals surface area contributed by atoms with Crippen molar-refractivity contribution in [2.45, 2.75) is 25.0 Å². The molecule has 20 heavy (non-hydrogen) atoms. The standard InChI is InChI=1S/C13H20N4O3/c1-19-10-3-4-17(9(5-10)6-14)12-8-15-7-11(16-12)13(18)20-2/h7-10H,3-6,14H2,1-2H3. The molecule has 0 saturated carbocycles. The lowest BCUT2D eigenvalue weighted by molar-refractivity contribution is 0.0592. The van der Waals surface area contributed by atoms with E-state index in [1.54, 1.807) is 13.3 Å². The van der Waals surface area contributed by atoms with Crippen molar-refractivity contribution >= 4 is 11.8 Å². The first kappa shape index (κ1) is 14.7. The number of nitrogens with two attached hydrogens (primary N) is 1. The van der Waals surface area contributed by atoms with E-state index in [1.807, 2.05) is 0 Å². The van der Waals surface area contributed by atoms with Crippen molar-refractivity contribution < 1.29 is 14.3 Å². The zero-order chi connectivity index (χ0) is 14.5. The van der Waals surface area contributed by atoms with Gasteiger partial charge in [0.25, 0.3) is 0 Å². The molecule has 0 aromatic carbocycles. The van der Waals surface area contributed by atoms with Crippen LogP contribution in [-0.4, -0.2) is 55.4 Å². The zero-order valence-corrected chi connectivity index (χ0v) is 11.8. The van der Waals surface area contributed by atoms with Gasteiger partial charge in [-0.15, -0.1) is 0 Å². The van der Waals surface area contributed by atoms with Crippen LogP contribution in [0.25, 0.3) is 0 Å². The van der Waals surface area contributed by atoms with E-state index in [1.165, 1.54) is 13.3 Å². The number of hydrogen-bond acceptors (Lipinski definition) is 7. The Labute approximate surface area is 118 Å². The second-order valence-corrected chi connectivity index (χ2v) is 4.72. The van der Waals surface area contributed by atoms with Crippen molar-refractivity contribution in [3.63, 3.8) is 0 Å². The van der Waals surface area contributed by atoms with Crippen LogP contribution in [0.5, 0.6) is 0 Å². The van der Waals surface area contributed by atoms with Crippen LogP contribution in [0.3, 0.4) is 0 Å². The summed E-state index contributed by atoms with van der Waals surface area (Å²) in [6.45, 7) is 1.28. The molecular weight excluding hydrogens is 260 g/mol. The SMILES string of the molecule is COC(=O)c1cncc(N2CCC(OC)CC2CN)n1. The molecule has 110 valence electrons. The van der Waals surface area contributed by atoms with Gasteiger partial charge in [-0.25, -0.2) is 9.78 Å². The molecule has 1 fully saturated rings. The van der Waals surface area contributed by atoms with Crippen LogP contribution in [-0.2, 0) is 9.47 Å². The molecule has 0 amide bonds. The van der Waals surface area contributed by atoms with Gasteiger partial charge in [0.1, 0.15) is 5.82 Å². The maximum absolute atomic E-state index is 11.5. The van der Waals surface area contributed by atoms with Gasteiger partial charge in [-0.05, 0) is 12.8 Å². The van der Waals surface area contributed by atoms with Crippen LogP contribution in [0.4, 0.5) is 5.82 Å². The average Bonchev–Trinajstić information content (AvgIpc) is 2.53. The number of aromatic nitrogens is 2. The van der Waals surface area contributed by atoms with E-state index in [4.69, 9.17) is 10.5 Å². The Balaban J connectivity index is 2.19. The maximum atomic E-state index is 11.5. The van der Waals surface area contributed by atoms with Crippen LogP contribution in [0, 0.1) is 0 Å². The first-order chi connectivity index (χ1) is 9.69. The molecule has 1 saturated heterocycles. The van der Waals surface area contributed by atoms with Gasteiger partial charge in [0.2, 0.25) is 0 Å². The maximum Gasteiger partial charge on any atom is 0.358 e. The van der Waals surface area contributed by atoms with Gasteiger partial charge in [-0.1, -0.05) is 0 Å². The van der Waals surface area contributed by atoms with Crippen molar-refractivity contribution in [3.8, 4) is 0 Å². The lowest BCUT2D eigenvalue weighted by atomic mass is 9.99. The van der Waals surface area contributed by atoms with Gasteiger partial charge in [0, 0.05) is 26.2 Å². The van der Waals surface area contributed by atoms with E-state index in [-0.39, 0.29) is 17.8 Å². The average molecular weight is 280 g/mol. The van der Waals surface area contributed by atoms with Crippen molar-refractivity contribution in [2.24, 2.45) is 5.73 Å². The van der Waals surface area contributed by atoms with Crippen molar-refractivity contribution in [2.75, 3.05) is 32.2 Å². The second-order valence-electron chi connectivity index (χ2n) is 4.72. The molecule has 0 bridgehead atoms.